The van der Waals surface area contributed by atoms with Crippen molar-refractivity contribution in [3.63, 3.8) is 0 Å². The van der Waals surface area contributed by atoms with Crippen LogP contribution in [0.25, 0.3) is 11.1 Å². The fourth-order valence-electron chi connectivity index (χ4n) is 2.04. The van der Waals surface area contributed by atoms with Crippen LogP contribution < -0.4 is 9.13 Å². The average molecular weight is 256 g/mol. The van der Waals surface area contributed by atoms with Gasteiger partial charge in [-0.1, -0.05) is 0 Å². The zero-order valence-electron chi connectivity index (χ0n) is 12.6. The highest BCUT2D eigenvalue weighted by Crippen LogP contribution is 2.17. The molecule has 2 heterocycles. The summed E-state index contributed by atoms with van der Waals surface area (Å²) in [6, 6.07) is 9.22. The molecule has 0 fully saturated rings. The van der Waals surface area contributed by atoms with Gasteiger partial charge in [0.05, 0.1) is 0 Å². The summed E-state index contributed by atoms with van der Waals surface area (Å²) >= 11 is 0. The Bertz CT molecular complexity index is 531. The maximum absolute atomic E-state index is 2.23. The third-order valence-corrected chi connectivity index (χ3v) is 3.39. The first-order valence-electron chi connectivity index (χ1n) is 6.91. The van der Waals surface area contributed by atoms with Crippen molar-refractivity contribution in [1.82, 2.24) is 0 Å². The molecule has 0 saturated heterocycles. The second-order valence-corrected chi connectivity index (χ2v) is 6.29. The van der Waals surface area contributed by atoms with Crippen LogP contribution in [0.3, 0.4) is 0 Å². The van der Waals surface area contributed by atoms with E-state index >= 15 is 0 Å². The van der Waals surface area contributed by atoms with Crippen LogP contribution in [0.15, 0.2) is 49.1 Å². The number of nitrogens with zero attached hydrogens (tertiary/aromatic N) is 2. The molecule has 19 heavy (non-hydrogen) atoms. The zero-order chi connectivity index (χ0) is 14.0. The first-order valence-corrected chi connectivity index (χ1v) is 6.91. The fraction of sp³-hybridized carbons (Fsp3) is 0.412. The van der Waals surface area contributed by atoms with E-state index in [9.17, 15) is 0 Å². The predicted octanol–water partition coefficient (Wildman–Crippen LogP) is 3.26. The van der Waals surface area contributed by atoms with Gasteiger partial charge >= 0.3 is 0 Å². The summed E-state index contributed by atoms with van der Waals surface area (Å²) in [5.41, 5.74) is 2.66. The first kappa shape index (κ1) is 13.7. The van der Waals surface area contributed by atoms with Gasteiger partial charge in [-0.3, -0.25) is 0 Å². The molecule has 0 aliphatic carbocycles. The van der Waals surface area contributed by atoms with E-state index in [1.54, 1.807) is 0 Å². The zero-order valence-corrected chi connectivity index (χ0v) is 12.6. The highest BCUT2D eigenvalue weighted by atomic mass is 15.0. The van der Waals surface area contributed by atoms with Crippen molar-refractivity contribution in [1.29, 1.82) is 0 Å². The molecular weight excluding hydrogens is 232 g/mol. The molecule has 2 aromatic heterocycles. The van der Waals surface area contributed by atoms with Crippen molar-refractivity contribution in [3.05, 3.63) is 49.1 Å². The largest absolute Gasteiger partial charge is 0.203 e. The van der Waals surface area contributed by atoms with Crippen molar-refractivity contribution in [2.75, 3.05) is 0 Å². The summed E-state index contributed by atoms with van der Waals surface area (Å²) in [4.78, 5) is 0. The second-order valence-electron chi connectivity index (χ2n) is 6.29. The molecule has 0 aliphatic rings. The molecule has 0 bridgehead atoms. The fourth-order valence-corrected chi connectivity index (χ4v) is 2.04. The maximum Gasteiger partial charge on any atom is 0.169 e. The van der Waals surface area contributed by atoms with E-state index in [2.05, 4.69) is 92.8 Å². The van der Waals surface area contributed by atoms with E-state index in [4.69, 9.17) is 0 Å². The summed E-state index contributed by atoms with van der Waals surface area (Å²) in [6.45, 7) is 11.0. The molecular formula is C17H24N2+2. The quantitative estimate of drug-likeness (QED) is 0.729. The Morgan fingerprint density at radius 3 is 1.58 bits per heavy atom. The van der Waals surface area contributed by atoms with Crippen LogP contribution in [0, 0.1) is 0 Å². The van der Waals surface area contributed by atoms with E-state index in [0.29, 0.717) is 6.04 Å². The van der Waals surface area contributed by atoms with Crippen molar-refractivity contribution < 1.29 is 9.13 Å². The minimum Gasteiger partial charge on any atom is -0.203 e. The van der Waals surface area contributed by atoms with E-state index in [0.717, 1.165) is 0 Å². The highest BCUT2D eigenvalue weighted by molar-refractivity contribution is 5.60. The molecule has 0 N–H and O–H groups in total. The summed E-state index contributed by atoms with van der Waals surface area (Å²) in [5.74, 6) is 0. The van der Waals surface area contributed by atoms with Crippen molar-refractivity contribution in [2.24, 2.45) is 0 Å². The Kier molecular flexibility index (Phi) is 3.70. The maximum atomic E-state index is 2.23. The Labute approximate surface area is 116 Å². The van der Waals surface area contributed by atoms with Gasteiger partial charge in [-0.15, -0.1) is 0 Å². The van der Waals surface area contributed by atoms with Crippen LogP contribution in [0.5, 0.6) is 0 Å². The molecule has 2 aromatic rings. The predicted molar refractivity (Wildman–Crippen MR) is 77.6 cm³/mol. The van der Waals surface area contributed by atoms with E-state index in [-0.39, 0.29) is 5.54 Å². The molecule has 0 saturated carbocycles. The number of aromatic nitrogens is 2. The molecule has 2 rings (SSSR count). The number of pyridine rings is 2. The normalized spacial score (nSPS) is 11.9. The third-order valence-electron chi connectivity index (χ3n) is 3.39. The molecule has 2 nitrogen and oxygen atoms in total. The van der Waals surface area contributed by atoms with Crippen molar-refractivity contribution in [3.8, 4) is 11.1 Å². The molecule has 0 unspecified atom stereocenters. The molecule has 100 valence electrons. The molecule has 0 aromatic carbocycles. The summed E-state index contributed by atoms with van der Waals surface area (Å²) in [5, 5.41) is 0. The molecule has 0 amide bonds. The molecule has 0 aliphatic heterocycles. The average Bonchev–Trinajstić information content (AvgIpc) is 2.38. The Morgan fingerprint density at radius 2 is 1.21 bits per heavy atom. The Morgan fingerprint density at radius 1 is 0.789 bits per heavy atom. The standard InChI is InChI=1S/C17H24N2/c1-14(2)18-10-6-15(7-11-18)16-8-12-19(13-9-16)17(3,4)5/h6-14H,1-5H3/q+2. The van der Waals surface area contributed by atoms with Crippen molar-refractivity contribution in [2.45, 2.75) is 46.2 Å². The lowest BCUT2D eigenvalue weighted by Gasteiger charge is -2.12. The molecule has 0 spiro atoms. The van der Waals surface area contributed by atoms with Gasteiger partial charge in [-0.25, -0.2) is 9.13 Å². The van der Waals surface area contributed by atoms with Gasteiger partial charge in [-0.05, 0) is 25.0 Å². The van der Waals surface area contributed by atoms with Gasteiger partial charge < -0.3 is 0 Å². The lowest BCUT2D eigenvalue weighted by molar-refractivity contribution is -0.754. The first-order chi connectivity index (χ1) is 8.88. The van der Waals surface area contributed by atoms with E-state index < -0.39 is 0 Å². The Hall–Kier alpha value is -1.70. The molecule has 0 atom stereocenters. The van der Waals surface area contributed by atoms with Crippen LogP contribution in [-0.2, 0) is 5.54 Å². The van der Waals surface area contributed by atoms with Gasteiger partial charge in [0.2, 0.25) is 0 Å². The van der Waals surface area contributed by atoms with Crippen LogP contribution in [0.1, 0.15) is 40.7 Å². The van der Waals surface area contributed by atoms with Gasteiger partial charge in [0.1, 0.15) is 0 Å². The van der Waals surface area contributed by atoms with E-state index in [1.165, 1.54) is 11.1 Å². The van der Waals surface area contributed by atoms with Crippen LogP contribution >= 0.6 is 0 Å². The van der Waals surface area contributed by atoms with Crippen LogP contribution in [0.2, 0.25) is 0 Å². The SMILES string of the molecule is CC(C)[n+]1ccc(-c2cc[n+](C(C)(C)C)cc2)cc1. The minimum absolute atomic E-state index is 0.135. The van der Waals surface area contributed by atoms with Crippen LogP contribution in [0.4, 0.5) is 0 Å². The highest BCUT2D eigenvalue weighted by Gasteiger charge is 2.20. The minimum atomic E-state index is 0.135. The smallest absolute Gasteiger partial charge is 0.169 e. The monoisotopic (exact) mass is 256 g/mol. The van der Waals surface area contributed by atoms with Crippen LogP contribution in [-0.4, -0.2) is 0 Å². The summed E-state index contributed by atoms with van der Waals surface area (Å²) in [7, 11) is 0. The lowest BCUT2D eigenvalue weighted by atomic mass is 10.1. The topological polar surface area (TPSA) is 7.76 Å². The van der Waals surface area contributed by atoms with Gasteiger partial charge in [0, 0.05) is 45.0 Å². The summed E-state index contributed by atoms with van der Waals surface area (Å²) in [6.07, 6.45) is 8.59. The summed E-state index contributed by atoms with van der Waals surface area (Å²) < 4.78 is 4.44. The molecule has 2 heteroatoms. The van der Waals surface area contributed by atoms with Gasteiger partial charge in [-0.2, -0.15) is 0 Å². The second kappa shape index (κ2) is 5.12. The Balaban J connectivity index is 2.27. The number of hydrogen-bond donors (Lipinski definition) is 0. The number of hydrogen-bond acceptors (Lipinski definition) is 0. The van der Waals surface area contributed by atoms with Gasteiger partial charge in [0.25, 0.3) is 0 Å². The molecule has 0 radical (unpaired) electrons. The third kappa shape index (κ3) is 3.19. The lowest BCUT2D eigenvalue weighted by Crippen LogP contribution is -2.49. The van der Waals surface area contributed by atoms with E-state index in [1.807, 2.05) is 0 Å². The van der Waals surface area contributed by atoms with Crippen molar-refractivity contribution >= 4 is 0 Å². The number of rotatable bonds is 2. The van der Waals surface area contributed by atoms with Gasteiger partial charge in [0.15, 0.2) is 36.4 Å².